The monoisotopic (exact) mass is 307 g/mol. The Morgan fingerprint density at radius 2 is 2.21 bits per heavy atom. The zero-order valence-electron chi connectivity index (χ0n) is 8.32. The van der Waals surface area contributed by atoms with Gasteiger partial charge in [0.15, 0.2) is 0 Å². The Hall–Kier alpha value is -0.160. The van der Waals surface area contributed by atoms with Crippen LogP contribution in [0.3, 0.4) is 0 Å². The summed E-state index contributed by atoms with van der Waals surface area (Å²) in [5, 5.41) is 3.23. The maximum Gasteiger partial charge on any atom is 0.127 e. The van der Waals surface area contributed by atoms with E-state index in [9.17, 15) is 4.39 Å². The number of rotatable bonds is 5. The molecule has 1 aromatic rings. The van der Waals surface area contributed by atoms with Gasteiger partial charge in [0, 0.05) is 15.7 Å². The van der Waals surface area contributed by atoms with Crippen LogP contribution in [0.1, 0.15) is 25.3 Å². The average molecular weight is 307 g/mol. The van der Waals surface area contributed by atoms with Gasteiger partial charge in [0.2, 0.25) is 0 Å². The lowest BCUT2D eigenvalue weighted by atomic mass is 10.2. The van der Waals surface area contributed by atoms with Crippen LogP contribution >= 0.6 is 22.6 Å². The fraction of sp³-hybridized carbons (Fsp3) is 0.455. The fourth-order valence-corrected chi connectivity index (χ4v) is 1.76. The van der Waals surface area contributed by atoms with E-state index in [0.29, 0.717) is 6.54 Å². The summed E-state index contributed by atoms with van der Waals surface area (Å²) in [5.41, 5.74) is 0.757. The van der Waals surface area contributed by atoms with Gasteiger partial charge in [-0.2, -0.15) is 0 Å². The molecule has 0 aliphatic heterocycles. The first-order valence-corrected chi connectivity index (χ1v) is 5.96. The molecule has 78 valence electrons. The largest absolute Gasteiger partial charge is 0.313 e. The lowest BCUT2D eigenvalue weighted by Crippen LogP contribution is -2.15. The molecule has 1 aromatic carbocycles. The molecule has 0 spiro atoms. The topological polar surface area (TPSA) is 12.0 Å². The summed E-state index contributed by atoms with van der Waals surface area (Å²) in [4.78, 5) is 0. The highest BCUT2D eigenvalue weighted by Gasteiger charge is 2.01. The Bertz CT molecular complexity index is 289. The summed E-state index contributed by atoms with van der Waals surface area (Å²) < 4.78 is 14.3. The maximum atomic E-state index is 13.2. The fourth-order valence-electron chi connectivity index (χ4n) is 1.20. The lowest BCUT2D eigenvalue weighted by Gasteiger charge is -2.05. The highest BCUT2D eigenvalue weighted by Crippen LogP contribution is 2.12. The minimum atomic E-state index is -0.116. The standard InChI is InChI=1S/C11H15FIN/c1-2-3-6-14-8-9-7-10(13)4-5-11(9)12/h4-5,7,14H,2-3,6,8H2,1H3. The highest BCUT2D eigenvalue weighted by molar-refractivity contribution is 14.1. The summed E-state index contributed by atoms with van der Waals surface area (Å²) in [6, 6.07) is 5.19. The molecule has 0 bridgehead atoms. The highest BCUT2D eigenvalue weighted by atomic mass is 127. The molecule has 0 aliphatic rings. The van der Waals surface area contributed by atoms with Gasteiger partial charge in [-0.1, -0.05) is 13.3 Å². The molecule has 0 atom stereocenters. The molecule has 1 nitrogen and oxygen atoms in total. The van der Waals surface area contributed by atoms with Crippen LogP contribution in [0.15, 0.2) is 18.2 Å². The van der Waals surface area contributed by atoms with Crippen molar-refractivity contribution in [1.82, 2.24) is 5.32 Å². The maximum absolute atomic E-state index is 13.2. The SMILES string of the molecule is CCCCNCc1cc(I)ccc1F. The molecule has 0 saturated heterocycles. The zero-order chi connectivity index (χ0) is 10.4. The van der Waals surface area contributed by atoms with E-state index in [0.717, 1.165) is 22.1 Å². The normalized spacial score (nSPS) is 10.5. The van der Waals surface area contributed by atoms with Gasteiger partial charge in [0.25, 0.3) is 0 Å². The van der Waals surface area contributed by atoms with Crippen LogP contribution in [0, 0.1) is 9.39 Å². The summed E-state index contributed by atoms with van der Waals surface area (Å²) in [6.45, 7) is 3.73. The summed E-state index contributed by atoms with van der Waals surface area (Å²) in [7, 11) is 0. The molecule has 0 aliphatic carbocycles. The predicted molar refractivity (Wildman–Crippen MR) is 65.7 cm³/mol. The first kappa shape index (κ1) is 11.9. The first-order valence-electron chi connectivity index (χ1n) is 4.88. The molecule has 0 unspecified atom stereocenters. The Morgan fingerprint density at radius 1 is 1.43 bits per heavy atom. The van der Waals surface area contributed by atoms with E-state index in [1.807, 2.05) is 6.07 Å². The molecule has 14 heavy (non-hydrogen) atoms. The minimum Gasteiger partial charge on any atom is -0.313 e. The lowest BCUT2D eigenvalue weighted by molar-refractivity contribution is 0.579. The van der Waals surface area contributed by atoms with Gasteiger partial charge < -0.3 is 5.32 Å². The Morgan fingerprint density at radius 3 is 2.93 bits per heavy atom. The molecule has 3 heteroatoms. The number of benzene rings is 1. The van der Waals surface area contributed by atoms with Crippen molar-refractivity contribution >= 4 is 22.6 Å². The van der Waals surface area contributed by atoms with Gasteiger partial charge in [0.05, 0.1) is 0 Å². The predicted octanol–water partition coefficient (Wildman–Crippen LogP) is 3.32. The van der Waals surface area contributed by atoms with Gasteiger partial charge in [0.1, 0.15) is 5.82 Å². The zero-order valence-corrected chi connectivity index (χ0v) is 10.5. The van der Waals surface area contributed by atoms with Crippen LogP contribution in [0.25, 0.3) is 0 Å². The third kappa shape index (κ3) is 3.92. The van der Waals surface area contributed by atoms with Crippen LogP contribution in [0.2, 0.25) is 0 Å². The van der Waals surface area contributed by atoms with E-state index in [1.54, 1.807) is 6.07 Å². The number of nitrogens with one attached hydrogen (secondary N) is 1. The van der Waals surface area contributed by atoms with Crippen molar-refractivity contribution in [2.45, 2.75) is 26.3 Å². The Balaban J connectivity index is 2.45. The van der Waals surface area contributed by atoms with E-state index < -0.39 is 0 Å². The number of halogens is 2. The Kier molecular flexibility index (Phi) is 5.40. The number of unbranched alkanes of at least 4 members (excludes halogenated alkanes) is 1. The molecule has 0 heterocycles. The second-order valence-electron chi connectivity index (χ2n) is 3.27. The quantitative estimate of drug-likeness (QED) is 0.650. The minimum absolute atomic E-state index is 0.116. The second kappa shape index (κ2) is 6.35. The number of hydrogen-bond donors (Lipinski definition) is 1. The van der Waals surface area contributed by atoms with Crippen molar-refractivity contribution < 1.29 is 4.39 Å². The molecule has 0 amide bonds. The third-order valence-electron chi connectivity index (χ3n) is 2.03. The summed E-state index contributed by atoms with van der Waals surface area (Å²) >= 11 is 2.20. The molecule has 0 radical (unpaired) electrons. The molecule has 0 aromatic heterocycles. The smallest absolute Gasteiger partial charge is 0.127 e. The van der Waals surface area contributed by atoms with Gasteiger partial charge in [-0.05, 0) is 53.8 Å². The summed E-state index contributed by atoms with van der Waals surface area (Å²) in [6.07, 6.45) is 2.31. The van der Waals surface area contributed by atoms with Crippen LogP contribution in [0.4, 0.5) is 4.39 Å². The van der Waals surface area contributed by atoms with Gasteiger partial charge in [-0.25, -0.2) is 4.39 Å². The van der Waals surface area contributed by atoms with E-state index in [4.69, 9.17) is 0 Å². The van der Waals surface area contributed by atoms with Crippen molar-refractivity contribution in [2.75, 3.05) is 6.54 Å². The van der Waals surface area contributed by atoms with Crippen molar-refractivity contribution in [1.29, 1.82) is 0 Å². The molecule has 1 N–H and O–H groups in total. The summed E-state index contributed by atoms with van der Waals surface area (Å²) in [5.74, 6) is -0.116. The van der Waals surface area contributed by atoms with Crippen molar-refractivity contribution in [3.8, 4) is 0 Å². The first-order chi connectivity index (χ1) is 6.74. The van der Waals surface area contributed by atoms with Gasteiger partial charge >= 0.3 is 0 Å². The molecule has 0 fully saturated rings. The van der Waals surface area contributed by atoms with E-state index in [-0.39, 0.29) is 5.82 Å². The van der Waals surface area contributed by atoms with Crippen molar-refractivity contribution in [3.05, 3.63) is 33.1 Å². The second-order valence-corrected chi connectivity index (χ2v) is 4.51. The van der Waals surface area contributed by atoms with Crippen molar-refractivity contribution in [2.24, 2.45) is 0 Å². The van der Waals surface area contributed by atoms with Crippen molar-refractivity contribution in [3.63, 3.8) is 0 Å². The van der Waals surface area contributed by atoms with Gasteiger partial charge in [-0.3, -0.25) is 0 Å². The molecular formula is C11H15FIN. The van der Waals surface area contributed by atoms with E-state index in [1.165, 1.54) is 12.5 Å². The van der Waals surface area contributed by atoms with Crippen LogP contribution in [-0.2, 0) is 6.54 Å². The molecule has 0 saturated carbocycles. The third-order valence-corrected chi connectivity index (χ3v) is 2.70. The Labute approximate surface area is 98.2 Å². The van der Waals surface area contributed by atoms with Crippen LogP contribution in [0.5, 0.6) is 0 Å². The molecule has 1 rings (SSSR count). The van der Waals surface area contributed by atoms with E-state index in [2.05, 4.69) is 34.8 Å². The average Bonchev–Trinajstić information content (AvgIpc) is 2.18. The number of hydrogen-bond acceptors (Lipinski definition) is 1. The van der Waals surface area contributed by atoms with E-state index >= 15 is 0 Å². The van der Waals surface area contributed by atoms with Crippen LogP contribution < -0.4 is 5.32 Å². The molecular weight excluding hydrogens is 292 g/mol. The van der Waals surface area contributed by atoms with Crippen LogP contribution in [-0.4, -0.2) is 6.54 Å². The van der Waals surface area contributed by atoms with Gasteiger partial charge in [-0.15, -0.1) is 0 Å².